The zero-order valence-electron chi connectivity index (χ0n) is 21.6. The quantitative estimate of drug-likeness (QED) is 0.346. The molecule has 10 heteroatoms. The number of nitrogens with zero attached hydrogens (tertiary/aromatic N) is 4. The first-order valence-electron chi connectivity index (χ1n) is 11.5. The van der Waals surface area contributed by atoms with Crippen LogP contribution in [0.4, 0.5) is 11.4 Å². The van der Waals surface area contributed by atoms with Crippen LogP contribution < -0.4 is 24.4 Å². The Morgan fingerprint density at radius 2 is 1.86 bits per heavy atom. The number of anilines is 1. The van der Waals surface area contributed by atoms with Crippen LogP contribution in [0.2, 0.25) is 0 Å². The second-order valence-corrected chi connectivity index (χ2v) is 10.5. The van der Waals surface area contributed by atoms with E-state index in [9.17, 15) is 25.0 Å². The second-order valence-electron chi connectivity index (χ2n) is 9.45. The van der Waals surface area contributed by atoms with E-state index in [-0.39, 0.29) is 20.5 Å². The number of Topliss-reactive ketones (excluding diaryl/α,β-unsaturated/α-hetero) is 1. The number of carbonyl (C=O) groups excluding carboxylic acids is 1. The van der Waals surface area contributed by atoms with Crippen LogP contribution >= 0.6 is 11.3 Å². The monoisotopic (exact) mass is 520 g/mol. The van der Waals surface area contributed by atoms with Gasteiger partial charge in [0.25, 0.3) is 11.2 Å². The molecule has 0 fully saturated rings. The normalized spacial score (nSPS) is 12.6. The summed E-state index contributed by atoms with van der Waals surface area (Å²) >= 11 is 0.995. The van der Waals surface area contributed by atoms with Crippen molar-refractivity contribution in [2.75, 3.05) is 25.6 Å². The van der Waals surface area contributed by atoms with Crippen LogP contribution in [-0.2, 0) is 4.79 Å². The summed E-state index contributed by atoms with van der Waals surface area (Å²) in [5.74, 6) is 0.222. The number of thiazole rings is 1. The van der Waals surface area contributed by atoms with Gasteiger partial charge in [0.2, 0.25) is 0 Å². The van der Waals surface area contributed by atoms with E-state index in [1.807, 2.05) is 13.0 Å². The first-order valence-corrected chi connectivity index (χ1v) is 12.3. The van der Waals surface area contributed by atoms with E-state index in [1.165, 1.54) is 16.7 Å². The van der Waals surface area contributed by atoms with Gasteiger partial charge in [0.1, 0.15) is 27.7 Å². The van der Waals surface area contributed by atoms with Crippen LogP contribution in [-0.4, -0.2) is 36.0 Å². The fraction of sp³-hybridized carbons (Fsp3) is 0.296. The van der Waals surface area contributed by atoms with Gasteiger partial charge < -0.3 is 9.64 Å². The number of benzene rings is 2. The molecule has 9 nitrogen and oxygen atoms in total. The number of nitro groups is 1. The van der Waals surface area contributed by atoms with E-state index in [1.54, 1.807) is 76.2 Å². The largest absolute Gasteiger partial charge is 0.494 e. The van der Waals surface area contributed by atoms with Gasteiger partial charge >= 0.3 is 0 Å². The summed E-state index contributed by atoms with van der Waals surface area (Å²) in [6.45, 7) is 7.46. The molecule has 2 aromatic carbocycles. The number of rotatable bonds is 7. The maximum atomic E-state index is 13.6. The molecule has 0 spiro atoms. The minimum absolute atomic E-state index is 0.102. The van der Waals surface area contributed by atoms with Crippen molar-refractivity contribution in [3.8, 4) is 17.5 Å². The van der Waals surface area contributed by atoms with Gasteiger partial charge in [-0.3, -0.25) is 24.3 Å². The summed E-state index contributed by atoms with van der Waals surface area (Å²) in [6, 6.07) is 13.5. The molecule has 0 saturated carbocycles. The number of hydrogen-bond acceptors (Lipinski definition) is 8. The number of nitriles is 1. The number of ether oxygens (including phenoxy) is 1. The number of aromatic nitrogens is 1. The lowest BCUT2D eigenvalue weighted by molar-refractivity contribution is -0.384. The van der Waals surface area contributed by atoms with Crippen molar-refractivity contribution < 1.29 is 14.5 Å². The van der Waals surface area contributed by atoms with Crippen LogP contribution in [0.5, 0.6) is 5.75 Å². The summed E-state index contributed by atoms with van der Waals surface area (Å²) in [4.78, 5) is 39.6. The fourth-order valence-corrected chi connectivity index (χ4v) is 4.72. The first kappa shape index (κ1) is 27.4. The molecular formula is C27H28N4O5S. The number of nitro benzene ring substituents is 1. The molecule has 1 aromatic heterocycles. The second kappa shape index (κ2) is 10.8. The summed E-state index contributed by atoms with van der Waals surface area (Å²) in [7, 11) is 3.41. The zero-order valence-corrected chi connectivity index (χ0v) is 22.4. The molecule has 0 unspecified atom stereocenters. The van der Waals surface area contributed by atoms with Gasteiger partial charge in [-0.15, -0.1) is 11.3 Å². The summed E-state index contributed by atoms with van der Waals surface area (Å²) in [5, 5.41) is 21.6. The van der Waals surface area contributed by atoms with Crippen LogP contribution in [0, 0.1) is 26.9 Å². The maximum Gasteiger partial charge on any atom is 0.293 e. The first-order chi connectivity index (χ1) is 17.4. The van der Waals surface area contributed by atoms with Crippen molar-refractivity contribution in [3.63, 3.8) is 0 Å². The van der Waals surface area contributed by atoms with Crippen molar-refractivity contribution in [3.05, 3.63) is 77.7 Å². The Hall–Kier alpha value is -4.23. The van der Waals surface area contributed by atoms with Gasteiger partial charge in [-0.2, -0.15) is 5.26 Å². The van der Waals surface area contributed by atoms with E-state index < -0.39 is 21.7 Å². The van der Waals surface area contributed by atoms with Gasteiger partial charge in [0, 0.05) is 25.6 Å². The highest BCUT2D eigenvalue weighted by Crippen LogP contribution is 2.28. The third-order valence-electron chi connectivity index (χ3n) is 5.44. The minimum Gasteiger partial charge on any atom is -0.494 e. The smallest absolute Gasteiger partial charge is 0.293 e. The van der Waals surface area contributed by atoms with Crippen molar-refractivity contribution in [1.82, 2.24) is 4.57 Å². The molecule has 3 rings (SSSR count). The Morgan fingerprint density at radius 3 is 2.38 bits per heavy atom. The van der Waals surface area contributed by atoms with Gasteiger partial charge in [-0.05, 0) is 48.9 Å². The van der Waals surface area contributed by atoms with Crippen molar-refractivity contribution in [2.45, 2.75) is 27.7 Å². The molecule has 1 heterocycles. The van der Waals surface area contributed by atoms with E-state index in [0.717, 1.165) is 11.3 Å². The summed E-state index contributed by atoms with van der Waals surface area (Å²) in [6.07, 6.45) is 1.53. The number of hydrogen-bond donors (Lipinski definition) is 0. The van der Waals surface area contributed by atoms with E-state index in [0.29, 0.717) is 29.3 Å². The fourth-order valence-electron chi connectivity index (χ4n) is 3.62. The van der Waals surface area contributed by atoms with Gasteiger partial charge in [0.05, 0.1) is 21.7 Å². The average Bonchev–Trinajstić information content (AvgIpc) is 3.14. The Kier molecular flexibility index (Phi) is 7.99. The average molecular weight is 521 g/mol. The predicted octanol–water partition coefficient (Wildman–Crippen LogP) is 3.39. The van der Waals surface area contributed by atoms with E-state index in [2.05, 4.69) is 0 Å². The highest BCUT2D eigenvalue weighted by Gasteiger charge is 2.27. The lowest BCUT2D eigenvalue weighted by Crippen LogP contribution is -2.33. The summed E-state index contributed by atoms with van der Waals surface area (Å²) in [5.41, 5.74) is -0.188. The molecule has 0 radical (unpaired) electrons. The maximum absolute atomic E-state index is 13.6. The summed E-state index contributed by atoms with van der Waals surface area (Å²) < 4.78 is 7.24. The van der Waals surface area contributed by atoms with E-state index in [4.69, 9.17) is 4.74 Å². The highest BCUT2D eigenvalue weighted by atomic mass is 32.1. The Bertz CT molecular complexity index is 1570. The van der Waals surface area contributed by atoms with Gasteiger partial charge in [0.15, 0.2) is 5.78 Å². The van der Waals surface area contributed by atoms with Crippen molar-refractivity contribution >= 4 is 40.1 Å². The lowest BCUT2D eigenvalue weighted by atomic mass is 9.87. The zero-order chi connectivity index (χ0) is 27.5. The molecule has 0 aliphatic heterocycles. The lowest BCUT2D eigenvalue weighted by Gasteiger charge is -2.15. The van der Waals surface area contributed by atoms with Crippen molar-refractivity contribution in [1.29, 1.82) is 5.26 Å². The highest BCUT2D eigenvalue weighted by molar-refractivity contribution is 7.07. The molecular weight excluding hydrogens is 492 g/mol. The molecule has 0 aliphatic rings. The predicted molar refractivity (Wildman–Crippen MR) is 145 cm³/mol. The van der Waals surface area contributed by atoms with Crippen molar-refractivity contribution in [2.24, 2.45) is 5.41 Å². The molecule has 0 amide bonds. The molecule has 0 saturated heterocycles. The van der Waals surface area contributed by atoms with Gasteiger partial charge in [-0.1, -0.05) is 26.8 Å². The standard InChI is InChI=1S/C27H28N4O5S/c1-7-36-19-11-9-18(10-12-19)30-25(33)23(37-26(30)20(16-28)24(32)27(2,3)4)15-17-8-13-21(29(5)6)22(14-17)31(34)35/h8-15H,7H2,1-6H3/b23-15-,26-20-. The number of ketones is 1. The van der Waals surface area contributed by atoms with Crippen LogP contribution in [0.1, 0.15) is 33.3 Å². The topological polar surface area (TPSA) is 118 Å². The molecule has 37 heavy (non-hydrogen) atoms. The Morgan fingerprint density at radius 1 is 1.22 bits per heavy atom. The minimum atomic E-state index is -0.846. The molecule has 0 N–H and O–H groups in total. The molecule has 0 aliphatic carbocycles. The third kappa shape index (κ3) is 5.78. The Labute approximate surface area is 218 Å². The van der Waals surface area contributed by atoms with Crippen LogP contribution in [0.15, 0.2) is 47.3 Å². The molecule has 3 aromatic rings. The molecule has 0 bridgehead atoms. The third-order valence-corrected chi connectivity index (χ3v) is 6.53. The van der Waals surface area contributed by atoms with E-state index >= 15 is 0 Å². The van der Waals surface area contributed by atoms with Crippen LogP contribution in [0.25, 0.3) is 17.3 Å². The molecule has 192 valence electrons. The Balaban J connectivity index is 2.38. The van der Waals surface area contributed by atoms with Crippen LogP contribution in [0.3, 0.4) is 0 Å². The SMILES string of the molecule is CCOc1ccc(-n2c(=O)/c(=C/c3ccc(N(C)C)c([N+](=O)[O-])c3)s/c2=C(/C#N)C(=O)C(C)(C)C)cc1. The molecule has 0 atom stereocenters. The van der Waals surface area contributed by atoms with Gasteiger partial charge in [-0.25, -0.2) is 0 Å². The number of carbonyl (C=O) groups is 1.